The summed E-state index contributed by atoms with van der Waals surface area (Å²) in [5, 5.41) is 7.11. The van der Waals surface area contributed by atoms with Gasteiger partial charge in [-0.25, -0.2) is 4.98 Å². The maximum atomic E-state index is 5.55. The van der Waals surface area contributed by atoms with Crippen LogP contribution in [0.25, 0.3) is 0 Å². The van der Waals surface area contributed by atoms with E-state index in [-0.39, 0.29) is 24.0 Å². The molecule has 1 aromatic heterocycles. The number of rotatable bonds is 8. The van der Waals surface area contributed by atoms with Gasteiger partial charge in [-0.1, -0.05) is 31.2 Å². The molecule has 0 saturated carbocycles. The van der Waals surface area contributed by atoms with Crippen molar-refractivity contribution in [2.24, 2.45) is 4.99 Å². The number of thioether (sulfide) groups is 1. The van der Waals surface area contributed by atoms with Gasteiger partial charge < -0.3 is 15.4 Å². The van der Waals surface area contributed by atoms with Gasteiger partial charge in [-0.2, -0.15) is 0 Å². The minimum atomic E-state index is 0. The van der Waals surface area contributed by atoms with E-state index < -0.39 is 0 Å². The van der Waals surface area contributed by atoms with Crippen molar-refractivity contribution in [2.45, 2.75) is 30.5 Å². The lowest BCUT2D eigenvalue weighted by Gasteiger charge is -2.16. The van der Waals surface area contributed by atoms with Crippen molar-refractivity contribution in [1.82, 2.24) is 15.6 Å². The molecule has 5 nitrogen and oxygen atoms in total. The van der Waals surface area contributed by atoms with E-state index in [2.05, 4.69) is 51.8 Å². The number of nitrogens with one attached hydrogen (secondary N) is 2. The van der Waals surface area contributed by atoms with Gasteiger partial charge in [-0.15, -0.1) is 35.7 Å². The maximum Gasteiger partial charge on any atom is 0.218 e. The van der Waals surface area contributed by atoms with Crippen molar-refractivity contribution in [1.29, 1.82) is 0 Å². The molecular formula is C19H27IN4OS. The van der Waals surface area contributed by atoms with Crippen LogP contribution in [0.15, 0.2) is 58.5 Å². The van der Waals surface area contributed by atoms with Crippen LogP contribution in [0.1, 0.15) is 19.4 Å². The van der Waals surface area contributed by atoms with Crippen molar-refractivity contribution in [2.75, 3.05) is 20.2 Å². The summed E-state index contributed by atoms with van der Waals surface area (Å²) in [5.74, 6) is 1.44. The molecule has 1 atom stereocenters. The molecule has 7 heteroatoms. The lowest BCUT2D eigenvalue weighted by atomic mass is 10.2. The second-order valence-electron chi connectivity index (χ2n) is 5.45. The summed E-state index contributed by atoms with van der Waals surface area (Å²) in [6.07, 6.45) is 1.74. The molecule has 2 aromatic rings. The van der Waals surface area contributed by atoms with Gasteiger partial charge in [-0.05, 0) is 25.1 Å². The van der Waals surface area contributed by atoms with E-state index in [1.807, 2.05) is 36.9 Å². The molecule has 0 amide bonds. The van der Waals surface area contributed by atoms with Gasteiger partial charge in [0.05, 0.1) is 6.61 Å². The quantitative estimate of drug-likeness (QED) is 0.256. The Bertz CT molecular complexity index is 670. The number of guanidine groups is 1. The summed E-state index contributed by atoms with van der Waals surface area (Å²) in [5.41, 5.74) is 1.01. The molecule has 0 spiro atoms. The molecule has 0 fully saturated rings. The first-order chi connectivity index (χ1) is 12.2. The average Bonchev–Trinajstić information content (AvgIpc) is 2.64. The van der Waals surface area contributed by atoms with Gasteiger partial charge in [0, 0.05) is 42.0 Å². The van der Waals surface area contributed by atoms with Crippen molar-refractivity contribution in [3.8, 4) is 5.88 Å². The SMILES string of the molecule is CCOc1ncccc1CNC(=NC)NCC(C)Sc1ccccc1.I. The zero-order chi connectivity index (χ0) is 17.9. The summed E-state index contributed by atoms with van der Waals surface area (Å²) < 4.78 is 5.55. The van der Waals surface area contributed by atoms with Crippen LogP contribution in [0, 0.1) is 0 Å². The number of aromatic nitrogens is 1. The molecule has 26 heavy (non-hydrogen) atoms. The number of halogens is 1. The Labute approximate surface area is 177 Å². The van der Waals surface area contributed by atoms with E-state index in [4.69, 9.17) is 4.74 Å². The highest BCUT2D eigenvalue weighted by Crippen LogP contribution is 2.21. The van der Waals surface area contributed by atoms with Crippen LogP contribution in [-0.2, 0) is 6.54 Å². The summed E-state index contributed by atoms with van der Waals surface area (Å²) >= 11 is 1.84. The Balaban J connectivity index is 0.00000338. The molecular weight excluding hydrogens is 459 g/mol. The fourth-order valence-electron chi connectivity index (χ4n) is 2.24. The molecule has 0 bridgehead atoms. The van der Waals surface area contributed by atoms with Crippen LogP contribution in [0.4, 0.5) is 0 Å². The van der Waals surface area contributed by atoms with Crippen molar-refractivity contribution in [3.05, 3.63) is 54.2 Å². The van der Waals surface area contributed by atoms with Crippen molar-refractivity contribution < 1.29 is 4.74 Å². The molecule has 142 valence electrons. The molecule has 2 rings (SSSR count). The van der Waals surface area contributed by atoms with Crippen LogP contribution in [-0.4, -0.2) is 36.4 Å². The third-order valence-electron chi connectivity index (χ3n) is 3.44. The predicted octanol–water partition coefficient (Wildman–Crippen LogP) is 3.94. The normalized spacial score (nSPS) is 12.0. The van der Waals surface area contributed by atoms with Crippen LogP contribution in [0.3, 0.4) is 0 Å². The summed E-state index contributed by atoms with van der Waals surface area (Å²) in [7, 11) is 1.77. The highest BCUT2D eigenvalue weighted by Gasteiger charge is 2.08. The first kappa shape index (κ1) is 22.6. The molecule has 1 heterocycles. The first-order valence-corrected chi connectivity index (χ1v) is 9.33. The standard InChI is InChI=1S/C19H26N4OS.HI/c1-4-24-18-16(9-8-12-21-18)14-23-19(20-3)22-13-15(2)25-17-10-6-5-7-11-17;/h5-12,15H,4,13-14H2,1-3H3,(H2,20,22,23);1H. The lowest BCUT2D eigenvalue weighted by Crippen LogP contribution is -2.39. The fourth-order valence-corrected chi connectivity index (χ4v) is 3.18. The van der Waals surface area contributed by atoms with Crippen LogP contribution in [0.5, 0.6) is 5.88 Å². The van der Waals surface area contributed by atoms with E-state index >= 15 is 0 Å². The number of hydrogen-bond donors (Lipinski definition) is 2. The van der Waals surface area contributed by atoms with Crippen LogP contribution < -0.4 is 15.4 Å². The minimum Gasteiger partial charge on any atom is -0.478 e. The Kier molecular flexibility index (Phi) is 11.1. The largest absolute Gasteiger partial charge is 0.478 e. The number of aliphatic imine (C=N–C) groups is 1. The zero-order valence-corrected chi connectivity index (χ0v) is 18.6. The third kappa shape index (κ3) is 7.82. The highest BCUT2D eigenvalue weighted by atomic mass is 127. The van der Waals surface area contributed by atoms with E-state index in [1.54, 1.807) is 13.2 Å². The van der Waals surface area contributed by atoms with Gasteiger partial charge in [0.25, 0.3) is 0 Å². The predicted molar refractivity (Wildman–Crippen MR) is 121 cm³/mol. The average molecular weight is 486 g/mol. The monoisotopic (exact) mass is 486 g/mol. The Hall–Kier alpha value is -1.48. The molecule has 0 aliphatic heterocycles. The Morgan fingerprint density at radius 3 is 2.65 bits per heavy atom. The molecule has 2 N–H and O–H groups in total. The van der Waals surface area contributed by atoms with E-state index in [0.717, 1.165) is 18.1 Å². The molecule has 0 saturated heterocycles. The van der Waals surface area contributed by atoms with Gasteiger partial charge in [0.15, 0.2) is 5.96 Å². The lowest BCUT2D eigenvalue weighted by molar-refractivity contribution is 0.322. The molecule has 0 radical (unpaired) electrons. The van der Waals surface area contributed by atoms with E-state index in [0.29, 0.717) is 24.3 Å². The summed E-state index contributed by atoms with van der Waals surface area (Å²) in [6, 6.07) is 14.3. The molecule has 1 unspecified atom stereocenters. The van der Waals surface area contributed by atoms with Crippen LogP contribution >= 0.6 is 35.7 Å². The van der Waals surface area contributed by atoms with E-state index in [9.17, 15) is 0 Å². The fraction of sp³-hybridized carbons (Fsp3) is 0.368. The van der Waals surface area contributed by atoms with Gasteiger partial charge >= 0.3 is 0 Å². The number of benzene rings is 1. The smallest absolute Gasteiger partial charge is 0.218 e. The maximum absolute atomic E-state index is 5.55. The molecule has 0 aliphatic carbocycles. The Morgan fingerprint density at radius 2 is 1.96 bits per heavy atom. The number of hydrogen-bond acceptors (Lipinski definition) is 4. The van der Waals surface area contributed by atoms with E-state index in [1.165, 1.54) is 4.90 Å². The number of ether oxygens (including phenoxy) is 1. The summed E-state index contributed by atoms with van der Waals surface area (Å²) in [6.45, 7) is 6.20. The van der Waals surface area contributed by atoms with Crippen molar-refractivity contribution >= 4 is 41.7 Å². The molecule has 0 aliphatic rings. The van der Waals surface area contributed by atoms with Gasteiger partial charge in [0.1, 0.15) is 0 Å². The Morgan fingerprint density at radius 1 is 1.19 bits per heavy atom. The topological polar surface area (TPSA) is 58.5 Å². The summed E-state index contributed by atoms with van der Waals surface area (Å²) in [4.78, 5) is 9.82. The van der Waals surface area contributed by atoms with Crippen molar-refractivity contribution in [3.63, 3.8) is 0 Å². The highest BCUT2D eigenvalue weighted by molar-refractivity contribution is 14.0. The first-order valence-electron chi connectivity index (χ1n) is 8.45. The second-order valence-corrected chi connectivity index (χ2v) is 6.96. The number of nitrogens with zero attached hydrogens (tertiary/aromatic N) is 2. The number of pyridine rings is 1. The minimum absolute atomic E-state index is 0. The van der Waals surface area contributed by atoms with Gasteiger partial charge in [-0.3, -0.25) is 4.99 Å². The third-order valence-corrected chi connectivity index (χ3v) is 4.55. The van der Waals surface area contributed by atoms with Gasteiger partial charge in [0.2, 0.25) is 5.88 Å². The van der Waals surface area contributed by atoms with Crippen LogP contribution in [0.2, 0.25) is 0 Å². The zero-order valence-electron chi connectivity index (χ0n) is 15.4. The molecule has 1 aromatic carbocycles. The second kappa shape index (κ2) is 12.8.